The summed E-state index contributed by atoms with van der Waals surface area (Å²) in [6.07, 6.45) is 2.18. The predicted octanol–water partition coefficient (Wildman–Crippen LogP) is 2.98. The molecule has 0 fully saturated rings. The van der Waals surface area contributed by atoms with Crippen LogP contribution in [0.1, 0.15) is 47.5 Å². The minimum Gasteiger partial charge on any atom is -0.375 e. The van der Waals surface area contributed by atoms with E-state index in [0.29, 0.717) is 13.2 Å². The van der Waals surface area contributed by atoms with Gasteiger partial charge in [0.2, 0.25) is 0 Å². The molecule has 15 heavy (non-hydrogen) atoms. The van der Waals surface area contributed by atoms with Crippen LogP contribution < -0.4 is 0 Å². The summed E-state index contributed by atoms with van der Waals surface area (Å²) < 4.78 is 16.8. The van der Waals surface area contributed by atoms with Crippen LogP contribution in [0.2, 0.25) is 0 Å². The smallest absolute Gasteiger partial charge is 0.160 e. The maximum Gasteiger partial charge on any atom is 0.160 e. The Morgan fingerprint density at radius 2 is 1.47 bits per heavy atom. The predicted molar refractivity (Wildman–Crippen MR) is 62.0 cm³/mol. The summed E-state index contributed by atoms with van der Waals surface area (Å²) in [5, 5.41) is 0. The van der Waals surface area contributed by atoms with E-state index in [-0.39, 0.29) is 18.5 Å². The van der Waals surface area contributed by atoms with Crippen LogP contribution in [0.15, 0.2) is 0 Å². The van der Waals surface area contributed by atoms with Crippen molar-refractivity contribution in [3.63, 3.8) is 0 Å². The maximum atomic E-state index is 5.76. The van der Waals surface area contributed by atoms with Gasteiger partial charge < -0.3 is 14.2 Å². The fourth-order valence-electron chi connectivity index (χ4n) is 1.47. The quantitative estimate of drug-likeness (QED) is 0.557. The molecule has 0 saturated carbocycles. The highest BCUT2D eigenvalue weighted by molar-refractivity contribution is 4.60. The monoisotopic (exact) mass is 218 g/mol. The van der Waals surface area contributed by atoms with Crippen molar-refractivity contribution in [1.29, 1.82) is 0 Å². The molecule has 0 aliphatic rings. The molecule has 1 atom stereocenters. The molecule has 0 spiro atoms. The molecule has 0 radical (unpaired) electrons. The topological polar surface area (TPSA) is 27.7 Å². The van der Waals surface area contributed by atoms with Gasteiger partial charge in [0.05, 0.1) is 12.2 Å². The number of hydrogen-bond acceptors (Lipinski definition) is 3. The summed E-state index contributed by atoms with van der Waals surface area (Å²) in [5.74, 6) is 0. The Balaban J connectivity index is 3.96. The molecular weight excluding hydrogens is 192 g/mol. The van der Waals surface area contributed by atoms with Crippen molar-refractivity contribution in [2.75, 3.05) is 13.2 Å². The van der Waals surface area contributed by atoms with Crippen LogP contribution in [-0.4, -0.2) is 31.7 Å². The molecule has 0 amide bonds. The van der Waals surface area contributed by atoms with E-state index in [4.69, 9.17) is 14.2 Å². The molecule has 1 unspecified atom stereocenters. The lowest BCUT2D eigenvalue weighted by Gasteiger charge is -2.24. The van der Waals surface area contributed by atoms with Crippen LogP contribution in [-0.2, 0) is 14.2 Å². The molecule has 3 nitrogen and oxygen atoms in total. The Bertz CT molecular complexity index is 131. The second kappa shape index (κ2) is 9.13. The van der Waals surface area contributed by atoms with Crippen molar-refractivity contribution in [2.24, 2.45) is 0 Å². The minimum atomic E-state index is -0.122. The van der Waals surface area contributed by atoms with Crippen LogP contribution in [0.4, 0.5) is 0 Å². The first kappa shape index (κ1) is 14.9. The van der Waals surface area contributed by atoms with Crippen LogP contribution in [0, 0.1) is 0 Å². The SMILES string of the molecule is CCOC(CC(CC)OC(C)C)OCC. The van der Waals surface area contributed by atoms with E-state index in [1.165, 1.54) is 0 Å². The van der Waals surface area contributed by atoms with Crippen molar-refractivity contribution in [1.82, 2.24) is 0 Å². The summed E-state index contributed by atoms with van der Waals surface area (Å²) >= 11 is 0. The van der Waals surface area contributed by atoms with Gasteiger partial charge in [-0.1, -0.05) is 6.92 Å². The van der Waals surface area contributed by atoms with Gasteiger partial charge >= 0.3 is 0 Å². The second-order valence-corrected chi connectivity index (χ2v) is 3.79. The van der Waals surface area contributed by atoms with Gasteiger partial charge in [0.25, 0.3) is 0 Å². The molecule has 0 aliphatic heterocycles. The first-order valence-electron chi connectivity index (χ1n) is 6.02. The van der Waals surface area contributed by atoms with Crippen LogP contribution in [0.5, 0.6) is 0 Å². The lowest BCUT2D eigenvalue weighted by atomic mass is 10.2. The third-order valence-electron chi connectivity index (χ3n) is 2.08. The van der Waals surface area contributed by atoms with Crippen molar-refractivity contribution in [3.8, 4) is 0 Å². The fraction of sp³-hybridized carbons (Fsp3) is 1.00. The zero-order valence-electron chi connectivity index (χ0n) is 10.8. The third kappa shape index (κ3) is 7.77. The summed E-state index contributed by atoms with van der Waals surface area (Å²) in [6, 6.07) is 0. The Hall–Kier alpha value is -0.120. The Kier molecular flexibility index (Phi) is 9.06. The molecule has 0 bridgehead atoms. The molecular formula is C12H26O3. The summed E-state index contributed by atoms with van der Waals surface area (Å²) in [6.45, 7) is 11.6. The van der Waals surface area contributed by atoms with Crippen molar-refractivity contribution < 1.29 is 14.2 Å². The van der Waals surface area contributed by atoms with E-state index in [1.807, 2.05) is 13.8 Å². The number of ether oxygens (including phenoxy) is 3. The molecule has 0 saturated heterocycles. The van der Waals surface area contributed by atoms with Crippen LogP contribution in [0.3, 0.4) is 0 Å². The van der Waals surface area contributed by atoms with E-state index in [2.05, 4.69) is 20.8 Å². The molecule has 0 heterocycles. The van der Waals surface area contributed by atoms with Gasteiger partial charge in [-0.25, -0.2) is 0 Å². The first-order chi connectivity index (χ1) is 7.13. The molecule has 0 aliphatic carbocycles. The summed E-state index contributed by atoms with van der Waals surface area (Å²) in [4.78, 5) is 0. The highest BCUT2D eigenvalue weighted by atomic mass is 16.7. The summed E-state index contributed by atoms with van der Waals surface area (Å²) in [5.41, 5.74) is 0. The highest BCUT2D eigenvalue weighted by Crippen LogP contribution is 2.13. The van der Waals surface area contributed by atoms with E-state index in [1.54, 1.807) is 0 Å². The van der Waals surface area contributed by atoms with Crippen molar-refractivity contribution >= 4 is 0 Å². The molecule has 0 rings (SSSR count). The summed E-state index contributed by atoms with van der Waals surface area (Å²) in [7, 11) is 0. The molecule has 3 heteroatoms. The van der Waals surface area contributed by atoms with Gasteiger partial charge in [-0.15, -0.1) is 0 Å². The Morgan fingerprint density at radius 1 is 0.933 bits per heavy atom. The number of rotatable bonds is 9. The largest absolute Gasteiger partial charge is 0.375 e. The molecule has 0 aromatic heterocycles. The standard InChI is InChI=1S/C12H26O3/c1-6-11(15-10(4)5)9-12(13-7-2)14-8-3/h10-12H,6-9H2,1-5H3. The molecule has 92 valence electrons. The Labute approximate surface area is 94.1 Å². The molecule has 0 aromatic rings. The van der Waals surface area contributed by atoms with E-state index in [0.717, 1.165) is 12.8 Å². The van der Waals surface area contributed by atoms with Crippen molar-refractivity contribution in [3.05, 3.63) is 0 Å². The van der Waals surface area contributed by atoms with Gasteiger partial charge in [0.15, 0.2) is 6.29 Å². The molecule has 0 N–H and O–H groups in total. The zero-order chi connectivity index (χ0) is 11.7. The van der Waals surface area contributed by atoms with Gasteiger partial charge in [0, 0.05) is 19.6 Å². The van der Waals surface area contributed by atoms with Gasteiger partial charge in [0.1, 0.15) is 0 Å². The number of hydrogen-bond donors (Lipinski definition) is 0. The van der Waals surface area contributed by atoms with E-state index < -0.39 is 0 Å². The normalized spacial score (nSPS) is 13.8. The average molecular weight is 218 g/mol. The average Bonchev–Trinajstić information content (AvgIpc) is 2.16. The van der Waals surface area contributed by atoms with Gasteiger partial charge in [-0.2, -0.15) is 0 Å². The second-order valence-electron chi connectivity index (χ2n) is 3.79. The lowest BCUT2D eigenvalue weighted by molar-refractivity contribution is -0.161. The van der Waals surface area contributed by atoms with E-state index in [9.17, 15) is 0 Å². The fourth-order valence-corrected chi connectivity index (χ4v) is 1.47. The highest BCUT2D eigenvalue weighted by Gasteiger charge is 2.16. The first-order valence-corrected chi connectivity index (χ1v) is 6.02. The zero-order valence-corrected chi connectivity index (χ0v) is 10.8. The minimum absolute atomic E-state index is 0.122. The van der Waals surface area contributed by atoms with Crippen molar-refractivity contribution in [2.45, 2.75) is 66.0 Å². The van der Waals surface area contributed by atoms with Gasteiger partial charge in [-0.3, -0.25) is 0 Å². The van der Waals surface area contributed by atoms with Crippen LogP contribution >= 0.6 is 0 Å². The van der Waals surface area contributed by atoms with Crippen LogP contribution in [0.25, 0.3) is 0 Å². The molecule has 0 aromatic carbocycles. The third-order valence-corrected chi connectivity index (χ3v) is 2.08. The van der Waals surface area contributed by atoms with Gasteiger partial charge in [-0.05, 0) is 34.1 Å². The Morgan fingerprint density at radius 3 is 1.80 bits per heavy atom. The lowest BCUT2D eigenvalue weighted by Crippen LogP contribution is -2.27. The maximum absolute atomic E-state index is 5.76. The van der Waals surface area contributed by atoms with E-state index >= 15 is 0 Å².